The van der Waals surface area contributed by atoms with Crippen molar-refractivity contribution >= 4 is 5.91 Å². The molecule has 0 bridgehead atoms. The van der Waals surface area contributed by atoms with Crippen LogP contribution in [0, 0.1) is 0 Å². The molecule has 7 N–H and O–H groups in total. The number of carbonyl (C=O) groups is 1. The van der Waals surface area contributed by atoms with Gasteiger partial charge in [0, 0.05) is 13.0 Å². The number of carbonyl (C=O) groups excluding carboxylic acids is 1. The third kappa shape index (κ3) is 10.9. The van der Waals surface area contributed by atoms with Gasteiger partial charge in [-0.25, -0.2) is 0 Å². The summed E-state index contributed by atoms with van der Waals surface area (Å²) in [7, 11) is 0. The lowest BCUT2D eigenvalue weighted by Crippen LogP contribution is -2.28. The molecule has 0 fully saturated rings. The molecule has 0 aliphatic rings. The molecule has 0 heterocycles. The number of aryl methyl sites for hydroxylation is 1. The molecule has 0 aliphatic carbocycles. The first-order valence-corrected chi connectivity index (χ1v) is 9.52. The summed E-state index contributed by atoms with van der Waals surface area (Å²) in [4.78, 5) is 11.8. The van der Waals surface area contributed by atoms with Crippen molar-refractivity contribution in [3.8, 4) is 11.5 Å². The van der Waals surface area contributed by atoms with Gasteiger partial charge >= 0.3 is 0 Å². The number of aromatic hydroxyl groups is 2. The first-order chi connectivity index (χ1) is 12.6. The van der Waals surface area contributed by atoms with Crippen LogP contribution in [0.4, 0.5) is 0 Å². The second kappa shape index (κ2) is 14.4. The van der Waals surface area contributed by atoms with Crippen LogP contribution in [0.5, 0.6) is 11.5 Å². The molecule has 7 nitrogen and oxygen atoms in total. The molecule has 0 aliphatic heterocycles. The fourth-order valence-electron chi connectivity index (χ4n) is 2.49. The molecule has 0 saturated carbocycles. The van der Waals surface area contributed by atoms with E-state index in [-0.39, 0.29) is 17.4 Å². The topological polar surface area (TPSA) is 120 Å². The first-order valence-electron chi connectivity index (χ1n) is 9.52. The molecule has 1 rings (SSSR count). The molecular formula is C19H34N4O3. The van der Waals surface area contributed by atoms with Gasteiger partial charge in [0.25, 0.3) is 0 Å². The van der Waals surface area contributed by atoms with Crippen molar-refractivity contribution < 1.29 is 15.0 Å². The SMILES string of the molecule is NCCCNCCCCNCCCNC(=O)CCc1ccc(O)c(O)c1. The van der Waals surface area contributed by atoms with E-state index in [1.165, 1.54) is 12.1 Å². The fourth-order valence-corrected chi connectivity index (χ4v) is 2.49. The number of nitrogens with two attached hydrogens (primary N) is 1. The third-order valence-electron chi connectivity index (χ3n) is 4.05. The van der Waals surface area contributed by atoms with E-state index in [0.29, 0.717) is 19.4 Å². The van der Waals surface area contributed by atoms with Crippen LogP contribution < -0.4 is 21.7 Å². The van der Waals surface area contributed by atoms with Crippen molar-refractivity contribution in [1.82, 2.24) is 16.0 Å². The Hall–Kier alpha value is -1.83. The van der Waals surface area contributed by atoms with Crippen molar-refractivity contribution in [1.29, 1.82) is 0 Å². The molecule has 0 aromatic heterocycles. The molecule has 0 saturated heterocycles. The van der Waals surface area contributed by atoms with Crippen LogP contribution in [0.25, 0.3) is 0 Å². The van der Waals surface area contributed by atoms with Gasteiger partial charge in [-0.3, -0.25) is 4.79 Å². The van der Waals surface area contributed by atoms with Crippen LogP contribution in [0.1, 0.15) is 37.7 Å². The highest BCUT2D eigenvalue weighted by Gasteiger charge is 2.04. The predicted molar refractivity (Wildman–Crippen MR) is 104 cm³/mol. The summed E-state index contributed by atoms with van der Waals surface area (Å²) in [6, 6.07) is 4.63. The summed E-state index contributed by atoms with van der Waals surface area (Å²) in [5.41, 5.74) is 6.26. The van der Waals surface area contributed by atoms with E-state index in [9.17, 15) is 15.0 Å². The van der Waals surface area contributed by atoms with Gasteiger partial charge in [-0.15, -0.1) is 0 Å². The van der Waals surface area contributed by atoms with Crippen molar-refractivity contribution in [2.45, 2.75) is 38.5 Å². The number of rotatable bonds is 15. The van der Waals surface area contributed by atoms with Gasteiger partial charge in [-0.1, -0.05) is 6.07 Å². The van der Waals surface area contributed by atoms with Crippen LogP contribution >= 0.6 is 0 Å². The average Bonchev–Trinajstić information content (AvgIpc) is 2.63. The Balaban J connectivity index is 1.91. The first kappa shape index (κ1) is 22.2. The molecule has 7 heteroatoms. The van der Waals surface area contributed by atoms with Gasteiger partial charge in [0.2, 0.25) is 5.91 Å². The zero-order valence-corrected chi connectivity index (χ0v) is 15.6. The Kier molecular flexibility index (Phi) is 12.3. The molecule has 1 aromatic carbocycles. The van der Waals surface area contributed by atoms with Crippen molar-refractivity contribution in [2.75, 3.05) is 39.3 Å². The lowest BCUT2D eigenvalue weighted by molar-refractivity contribution is -0.121. The van der Waals surface area contributed by atoms with Gasteiger partial charge in [0.1, 0.15) is 0 Å². The third-order valence-corrected chi connectivity index (χ3v) is 4.05. The summed E-state index contributed by atoms with van der Waals surface area (Å²) in [6.45, 7) is 5.33. The maximum Gasteiger partial charge on any atom is 0.220 e. The van der Waals surface area contributed by atoms with Crippen LogP contribution in [-0.4, -0.2) is 55.4 Å². The summed E-state index contributed by atoms with van der Waals surface area (Å²) < 4.78 is 0. The number of hydrogen-bond donors (Lipinski definition) is 6. The lowest BCUT2D eigenvalue weighted by Gasteiger charge is -2.08. The van der Waals surface area contributed by atoms with Crippen LogP contribution in [0.3, 0.4) is 0 Å². The summed E-state index contributed by atoms with van der Waals surface area (Å²) in [5.74, 6) is -0.296. The van der Waals surface area contributed by atoms with Gasteiger partial charge in [0.05, 0.1) is 0 Å². The molecule has 0 atom stereocenters. The molecule has 148 valence electrons. The highest BCUT2D eigenvalue weighted by molar-refractivity contribution is 5.76. The summed E-state index contributed by atoms with van der Waals surface area (Å²) >= 11 is 0. The second-order valence-electron chi connectivity index (χ2n) is 6.38. The monoisotopic (exact) mass is 366 g/mol. The van der Waals surface area contributed by atoms with Gasteiger partial charge in [-0.05, 0) is 82.5 Å². The minimum absolute atomic E-state index is 0.00104. The van der Waals surface area contributed by atoms with Gasteiger partial charge in [-0.2, -0.15) is 0 Å². The standard InChI is InChI=1S/C19H34N4O3/c20-9-3-12-21-10-1-2-11-22-13-4-14-23-19(26)8-6-16-5-7-17(24)18(25)15-16/h5,7,15,21-22,24-25H,1-4,6,8-14,20H2,(H,23,26). The average molecular weight is 367 g/mol. The molecule has 26 heavy (non-hydrogen) atoms. The predicted octanol–water partition coefficient (Wildman–Crippen LogP) is 0.845. The molecule has 1 aromatic rings. The summed E-state index contributed by atoms with van der Waals surface area (Å²) in [5, 5.41) is 28.3. The molecular weight excluding hydrogens is 332 g/mol. The van der Waals surface area contributed by atoms with E-state index >= 15 is 0 Å². The molecule has 0 radical (unpaired) electrons. The van der Waals surface area contributed by atoms with E-state index in [2.05, 4.69) is 16.0 Å². The highest BCUT2D eigenvalue weighted by atomic mass is 16.3. The Morgan fingerprint density at radius 2 is 1.54 bits per heavy atom. The van der Waals surface area contributed by atoms with Crippen LogP contribution in [-0.2, 0) is 11.2 Å². The zero-order valence-electron chi connectivity index (χ0n) is 15.6. The smallest absolute Gasteiger partial charge is 0.220 e. The fraction of sp³-hybridized carbons (Fsp3) is 0.632. The van der Waals surface area contributed by atoms with E-state index in [1.54, 1.807) is 6.07 Å². The Morgan fingerprint density at radius 1 is 0.885 bits per heavy atom. The van der Waals surface area contributed by atoms with Gasteiger partial charge in [0.15, 0.2) is 11.5 Å². The maximum absolute atomic E-state index is 11.8. The minimum atomic E-state index is -0.152. The number of phenolic OH excluding ortho intramolecular Hbond substituents is 2. The molecule has 0 unspecified atom stereocenters. The lowest BCUT2D eigenvalue weighted by atomic mass is 10.1. The number of unbranched alkanes of at least 4 members (excludes halogenated alkanes) is 1. The Morgan fingerprint density at radius 3 is 2.19 bits per heavy atom. The maximum atomic E-state index is 11.8. The van der Waals surface area contributed by atoms with Crippen molar-refractivity contribution in [3.05, 3.63) is 23.8 Å². The molecule has 1 amide bonds. The van der Waals surface area contributed by atoms with Crippen molar-refractivity contribution in [3.63, 3.8) is 0 Å². The number of amides is 1. The molecule has 0 spiro atoms. The second-order valence-corrected chi connectivity index (χ2v) is 6.38. The van der Waals surface area contributed by atoms with E-state index in [4.69, 9.17) is 5.73 Å². The quantitative estimate of drug-likeness (QED) is 0.202. The zero-order chi connectivity index (χ0) is 19.0. The summed E-state index contributed by atoms with van der Waals surface area (Å²) in [6.07, 6.45) is 5.14. The van der Waals surface area contributed by atoms with E-state index < -0.39 is 0 Å². The Labute approximate surface area is 156 Å². The van der Waals surface area contributed by atoms with Crippen LogP contribution in [0.2, 0.25) is 0 Å². The minimum Gasteiger partial charge on any atom is -0.504 e. The number of hydrogen-bond acceptors (Lipinski definition) is 6. The van der Waals surface area contributed by atoms with Gasteiger partial charge < -0.3 is 31.9 Å². The Bertz CT molecular complexity index is 512. The number of nitrogens with one attached hydrogen (secondary N) is 3. The number of phenols is 2. The number of benzene rings is 1. The largest absolute Gasteiger partial charge is 0.504 e. The normalized spacial score (nSPS) is 10.8. The van der Waals surface area contributed by atoms with Crippen LogP contribution in [0.15, 0.2) is 18.2 Å². The van der Waals surface area contributed by atoms with Crippen molar-refractivity contribution in [2.24, 2.45) is 5.73 Å². The van der Waals surface area contributed by atoms with E-state index in [0.717, 1.165) is 64.0 Å². The highest BCUT2D eigenvalue weighted by Crippen LogP contribution is 2.25. The van der Waals surface area contributed by atoms with E-state index in [1.807, 2.05) is 0 Å².